The van der Waals surface area contributed by atoms with E-state index in [1.165, 1.54) is 0 Å². The van der Waals surface area contributed by atoms with Gasteiger partial charge in [-0.15, -0.1) is 6.58 Å². The Morgan fingerprint density at radius 2 is 1.46 bits per heavy atom. The van der Waals surface area contributed by atoms with Crippen molar-refractivity contribution >= 4 is 14.8 Å². The van der Waals surface area contributed by atoms with Gasteiger partial charge in [0.25, 0.3) is 0 Å². The molecule has 0 aliphatic rings. The predicted octanol–water partition coefficient (Wildman–Crippen LogP) is 0.526. The van der Waals surface area contributed by atoms with Crippen LogP contribution in [0.25, 0.3) is 0 Å². The second-order valence-electron chi connectivity index (χ2n) is 2.33. The molecule has 0 heterocycles. The molecule has 0 N–H and O–H groups in total. The van der Waals surface area contributed by atoms with E-state index in [-0.39, 0.29) is 0 Å². The monoisotopic (exact) mass is 204 g/mol. The van der Waals surface area contributed by atoms with Crippen molar-refractivity contribution < 1.29 is 17.1 Å². The van der Waals surface area contributed by atoms with Crippen molar-refractivity contribution in [1.29, 1.82) is 0 Å². The molecule has 0 saturated heterocycles. The largest absolute Gasteiger partial charge is 0.709 e. The lowest BCUT2D eigenvalue weighted by Crippen LogP contribution is -2.24. The van der Waals surface area contributed by atoms with Gasteiger partial charge in [0.05, 0.1) is 13.2 Å². The molecule has 0 rings (SSSR count). The van der Waals surface area contributed by atoms with Gasteiger partial charge in [0.2, 0.25) is 0 Å². The number of methoxy groups -OCH3 is 2. The molecular weight excluding hydrogens is 187 g/mol. The van der Waals surface area contributed by atoms with E-state index in [9.17, 15) is 0 Å². The molecule has 5 heteroatoms. The standard InChI is InChI=1S/2C3H7O2.C2H3.Al/c2*1-5-3-2-4;1-2;/h2*2-3H2,1H3;1H,2H2;/q2*-1;;+2. The molecule has 13 heavy (non-hydrogen) atoms. The Kier molecular flexibility index (Phi) is 10.3. The summed E-state index contributed by atoms with van der Waals surface area (Å²) in [6, 6.07) is 0. The molecule has 0 aliphatic carbocycles. The van der Waals surface area contributed by atoms with Crippen molar-refractivity contribution in [3.8, 4) is 0 Å². The average Bonchev–Trinajstić information content (AvgIpc) is 2.16. The number of ether oxygens (including phenoxy) is 2. The zero-order valence-electron chi connectivity index (χ0n) is 8.32. The van der Waals surface area contributed by atoms with E-state index in [0.29, 0.717) is 26.4 Å². The molecule has 0 radical (unpaired) electrons. The van der Waals surface area contributed by atoms with Gasteiger partial charge in [0.15, 0.2) is 0 Å². The van der Waals surface area contributed by atoms with E-state index in [1.54, 1.807) is 19.2 Å². The van der Waals surface area contributed by atoms with E-state index in [4.69, 9.17) is 17.1 Å². The van der Waals surface area contributed by atoms with E-state index in [2.05, 4.69) is 6.58 Å². The highest BCUT2D eigenvalue weighted by Crippen LogP contribution is 1.91. The summed E-state index contributed by atoms with van der Waals surface area (Å²) in [7, 11) is 3.28. The zero-order valence-corrected chi connectivity index (χ0v) is 9.48. The second kappa shape index (κ2) is 10.2. The van der Waals surface area contributed by atoms with Crippen LogP contribution in [0.15, 0.2) is 11.5 Å². The summed E-state index contributed by atoms with van der Waals surface area (Å²) in [5.41, 5.74) is 0. The van der Waals surface area contributed by atoms with Crippen LogP contribution in [0.5, 0.6) is 0 Å². The summed E-state index contributed by atoms with van der Waals surface area (Å²) in [6.45, 7) is 5.95. The molecular formula is C8H17AlO4. The van der Waals surface area contributed by atoms with Gasteiger partial charge in [-0.1, -0.05) is 4.94 Å². The van der Waals surface area contributed by atoms with Gasteiger partial charge in [0.1, 0.15) is 0 Å². The van der Waals surface area contributed by atoms with Crippen LogP contribution in [0.4, 0.5) is 0 Å². The van der Waals surface area contributed by atoms with Crippen molar-refractivity contribution in [2.45, 2.75) is 0 Å². The van der Waals surface area contributed by atoms with Crippen LogP contribution in [-0.4, -0.2) is 55.5 Å². The van der Waals surface area contributed by atoms with Crippen molar-refractivity contribution in [3.05, 3.63) is 11.5 Å². The Hall–Kier alpha value is 0.112. The first-order valence-electron chi connectivity index (χ1n) is 4.18. The van der Waals surface area contributed by atoms with E-state index in [1.807, 2.05) is 0 Å². The molecule has 0 fully saturated rings. The van der Waals surface area contributed by atoms with Crippen LogP contribution in [0, 0.1) is 0 Å². The van der Waals surface area contributed by atoms with Crippen molar-refractivity contribution in [3.63, 3.8) is 0 Å². The molecule has 0 aromatic carbocycles. The van der Waals surface area contributed by atoms with Crippen LogP contribution in [0.1, 0.15) is 0 Å². The zero-order chi connectivity index (χ0) is 9.94. The smallest absolute Gasteiger partial charge is 0.473 e. The highest BCUT2D eigenvalue weighted by molar-refractivity contribution is 6.50. The third-order valence-electron chi connectivity index (χ3n) is 1.33. The fourth-order valence-corrected chi connectivity index (χ4v) is 1.70. The van der Waals surface area contributed by atoms with Crippen LogP contribution in [0.2, 0.25) is 0 Å². The van der Waals surface area contributed by atoms with Gasteiger partial charge in [-0.3, -0.25) is 0 Å². The Balaban J connectivity index is 3.34. The van der Waals surface area contributed by atoms with Gasteiger partial charge in [-0.05, 0) is 0 Å². The summed E-state index contributed by atoms with van der Waals surface area (Å²) in [6.07, 6.45) is 0. The number of hydrogen-bond acceptors (Lipinski definition) is 4. The molecule has 0 aromatic heterocycles. The van der Waals surface area contributed by atoms with Gasteiger partial charge >= 0.3 is 14.8 Å². The fourth-order valence-electron chi connectivity index (χ4n) is 0.679. The van der Waals surface area contributed by atoms with Gasteiger partial charge in [-0.25, -0.2) is 0 Å². The molecule has 0 saturated carbocycles. The highest BCUT2D eigenvalue weighted by Gasteiger charge is 2.19. The maximum absolute atomic E-state index is 5.40. The first-order chi connectivity index (χ1) is 6.35. The maximum atomic E-state index is 5.40. The van der Waals surface area contributed by atoms with Gasteiger partial charge in [-0.2, -0.15) is 0 Å². The van der Waals surface area contributed by atoms with Crippen molar-refractivity contribution in [1.82, 2.24) is 0 Å². The first-order valence-corrected chi connectivity index (χ1v) is 5.79. The van der Waals surface area contributed by atoms with Gasteiger partial charge in [0, 0.05) is 27.4 Å². The van der Waals surface area contributed by atoms with E-state index in [0.717, 1.165) is 0 Å². The van der Waals surface area contributed by atoms with Crippen LogP contribution in [-0.2, 0) is 17.1 Å². The average molecular weight is 204 g/mol. The lowest BCUT2D eigenvalue weighted by Gasteiger charge is -2.09. The normalized spacial score (nSPS) is 10.0. The Bertz CT molecular complexity index is 111. The van der Waals surface area contributed by atoms with Crippen molar-refractivity contribution in [2.75, 3.05) is 40.6 Å². The number of rotatable bonds is 9. The minimum Gasteiger partial charge on any atom is -0.473 e. The third kappa shape index (κ3) is 8.44. The van der Waals surface area contributed by atoms with E-state index < -0.39 is 14.8 Å². The second-order valence-corrected chi connectivity index (χ2v) is 4.21. The lowest BCUT2D eigenvalue weighted by atomic mass is 10.8. The molecule has 0 aliphatic heterocycles. The first kappa shape index (κ1) is 13.1. The SMILES string of the molecule is C=[CH][Al]([O]CCOC)[O]CCOC. The summed E-state index contributed by atoms with van der Waals surface area (Å²) in [4.78, 5) is 1.74. The minimum atomic E-state index is -1.67. The Morgan fingerprint density at radius 1 is 1.00 bits per heavy atom. The molecule has 0 bridgehead atoms. The quantitative estimate of drug-likeness (QED) is 0.405. The van der Waals surface area contributed by atoms with E-state index >= 15 is 0 Å². The topological polar surface area (TPSA) is 36.9 Å². The molecule has 0 amide bonds. The fraction of sp³-hybridized carbons (Fsp3) is 0.750. The molecule has 0 spiro atoms. The number of hydrogen-bond donors (Lipinski definition) is 0. The lowest BCUT2D eigenvalue weighted by molar-refractivity contribution is 0.104. The predicted molar refractivity (Wildman–Crippen MR) is 51.6 cm³/mol. The maximum Gasteiger partial charge on any atom is 0.709 e. The molecule has 0 atom stereocenters. The van der Waals surface area contributed by atoms with Crippen LogP contribution in [0.3, 0.4) is 0 Å². The molecule has 4 nitrogen and oxygen atoms in total. The van der Waals surface area contributed by atoms with Crippen LogP contribution < -0.4 is 0 Å². The molecule has 0 aromatic rings. The van der Waals surface area contributed by atoms with Gasteiger partial charge < -0.3 is 17.1 Å². The minimum absolute atomic E-state index is 0.562. The van der Waals surface area contributed by atoms with Crippen molar-refractivity contribution in [2.24, 2.45) is 0 Å². The Labute approximate surface area is 84.5 Å². The third-order valence-corrected chi connectivity index (χ3v) is 2.84. The summed E-state index contributed by atoms with van der Waals surface area (Å²) in [5, 5.41) is 0. The Morgan fingerprint density at radius 3 is 1.77 bits per heavy atom. The van der Waals surface area contributed by atoms with Crippen LogP contribution >= 0.6 is 0 Å². The summed E-state index contributed by atoms with van der Waals surface area (Å²) in [5.74, 6) is 0. The summed E-state index contributed by atoms with van der Waals surface area (Å²) < 4.78 is 20.5. The highest BCUT2D eigenvalue weighted by atomic mass is 27.2. The molecule has 0 unspecified atom stereocenters. The summed E-state index contributed by atoms with van der Waals surface area (Å²) >= 11 is -1.67. The molecule has 76 valence electrons.